The minimum Gasteiger partial charge on any atom is -0.450 e. The van der Waals surface area contributed by atoms with Crippen molar-refractivity contribution in [1.82, 2.24) is 9.13 Å². The molecule has 0 amide bonds. The molecular weight excluding hydrogens is 286 g/mol. The van der Waals surface area contributed by atoms with Crippen LogP contribution in [0.15, 0.2) is 47.3 Å². The van der Waals surface area contributed by atoms with Gasteiger partial charge in [-0.25, -0.2) is 4.79 Å². The van der Waals surface area contributed by atoms with Crippen molar-refractivity contribution in [2.24, 2.45) is 14.1 Å². The molecule has 2 aromatic carbocycles. The molecule has 0 atom stereocenters. The molecule has 1 aromatic heterocycles. The molecule has 0 fully saturated rings. The first-order valence-corrected chi connectivity index (χ1v) is 6.56. The zero-order valence-electron chi connectivity index (χ0n) is 12.0. The van der Waals surface area contributed by atoms with Gasteiger partial charge in [0, 0.05) is 26.2 Å². The zero-order valence-corrected chi connectivity index (χ0v) is 12.0. The lowest BCUT2D eigenvalue weighted by atomic mass is 10.2. The summed E-state index contributed by atoms with van der Waals surface area (Å²) in [5, 5.41) is 11.3. The Kier molecular flexibility index (Phi) is 3.17. The number of hydrogen-bond acceptors (Lipinski definition) is 4. The maximum absolute atomic E-state index is 12.0. The van der Waals surface area contributed by atoms with Gasteiger partial charge in [0.15, 0.2) is 0 Å². The molecule has 0 saturated heterocycles. The van der Waals surface area contributed by atoms with Gasteiger partial charge in [0.25, 0.3) is 0 Å². The first-order chi connectivity index (χ1) is 10.5. The second-order valence-corrected chi connectivity index (χ2v) is 4.88. The molecule has 0 N–H and O–H groups in total. The lowest BCUT2D eigenvalue weighted by Crippen LogP contribution is -2.19. The number of benzene rings is 2. The van der Waals surface area contributed by atoms with Gasteiger partial charge in [-0.3, -0.25) is 19.2 Å². The summed E-state index contributed by atoms with van der Waals surface area (Å²) in [5.74, 6) is 0.593. The molecule has 0 bridgehead atoms. The molecule has 0 aliphatic heterocycles. The van der Waals surface area contributed by atoms with Gasteiger partial charge >= 0.3 is 11.4 Å². The van der Waals surface area contributed by atoms with Crippen LogP contribution in [-0.2, 0) is 14.1 Å². The average molecular weight is 299 g/mol. The second kappa shape index (κ2) is 5.03. The van der Waals surface area contributed by atoms with Gasteiger partial charge in [0.2, 0.25) is 5.75 Å². The van der Waals surface area contributed by atoms with Gasteiger partial charge in [-0.1, -0.05) is 18.2 Å². The highest BCUT2D eigenvalue weighted by Crippen LogP contribution is 2.34. The van der Waals surface area contributed by atoms with Crippen molar-refractivity contribution < 1.29 is 9.66 Å². The first kappa shape index (κ1) is 13.9. The van der Waals surface area contributed by atoms with Gasteiger partial charge < -0.3 is 4.74 Å². The van der Waals surface area contributed by atoms with Crippen LogP contribution in [0.4, 0.5) is 5.69 Å². The standard InChI is InChI=1S/C15H13N3O4/c1-16-11-8-13(18(20)21)14(9-12(11)17(2)15(16)19)22-10-6-4-3-5-7-10/h3-9H,1-2H3. The molecule has 1 heterocycles. The molecule has 0 aliphatic rings. The molecule has 3 rings (SSSR count). The molecule has 7 heteroatoms. The van der Waals surface area contributed by atoms with Crippen molar-refractivity contribution in [3.05, 3.63) is 63.1 Å². The van der Waals surface area contributed by atoms with Crippen LogP contribution in [0.5, 0.6) is 11.5 Å². The SMILES string of the molecule is Cn1c(=O)n(C)c2cc([N+](=O)[O-])c(Oc3ccccc3)cc21. The van der Waals surface area contributed by atoms with E-state index in [0.717, 1.165) is 0 Å². The fraction of sp³-hybridized carbons (Fsp3) is 0.133. The highest BCUT2D eigenvalue weighted by molar-refractivity contribution is 5.82. The van der Waals surface area contributed by atoms with Gasteiger partial charge in [-0.2, -0.15) is 0 Å². The summed E-state index contributed by atoms with van der Waals surface area (Å²) in [4.78, 5) is 22.7. The molecular formula is C15H13N3O4. The molecule has 0 radical (unpaired) electrons. The lowest BCUT2D eigenvalue weighted by Gasteiger charge is -2.07. The summed E-state index contributed by atoms with van der Waals surface area (Å²) in [7, 11) is 3.19. The number of imidazole rings is 1. The Balaban J connectivity index is 2.24. The highest BCUT2D eigenvalue weighted by Gasteiger charge is 2.21. The normalized spacial score (nSPS) is 10.8. The van der Waals surface area contributed by atoms with Crippen molar-refractivity contribution in [1.29, 1.82) is 0 Å². The topological polar surface area (TPSA) is 79.3 Å². The summed E-state index contributed by atoms with van der Waals surface area (Å²) in [5.41, 5.74) is 0.627. The molecule has 0 unspecified atom stereocenters. The molecule has 0 spiro atoms. The number of aromatic nitrogens is 2. The lowest BCUT2D eigenvalue weighted by molar-refractivity contribution is -0.385. The van der Waals surface area contributed by atoms with E-state index in [1.165, 1.54) is 21.3 Å². The number of fused-ring (bicyclic) bond motifs is 1. The predicted octanol–water partition coefficient (Wildman–Crippen LogP) is 2.58. The molecule has 112 valence electrons. The van der Waals surface area contributed by atoms with Crippen LogP contribution in [0.25, 0.3) is 11.0 Å². The smallest absolute Gasteiger partial charge is 0.328 e. The summed E-state index contributed by atoms with van der Waals surface area (Å²) < 4.78 is 8.41. The van der Waals surface area contributed by atoms with Gasteiger partial charge in [-0.05, 0) is 12.1 Å². The molecule has 0 aliphatic carbocycles. The maximum atomic E-state index is 12.0. The minimum atomic E-state index is -0.519. The van der Waals surface area contributed by atoms with Crippen molar-refractivity contribution in [3.8, 4) is 11.5 Å². The van der Waals surface area contributed by atoms with Crippen LogP contribution in [-0.4, -0.2) is 14.1 Å². The fourth-order valence-electron chi connectivity index (χ4n) is 2.35. The number of nitro groups is 1. The highest BCUT2D eigenvalue weighted by atomic mass is 16.6. The van der Waals surface area contributed by atoms with E-state index in [1.807, 2.05) is 6.07 Å². The molecule has 3 aromatic rings. The monoisotopic (exact) mass is 299 g/mol. The van der Waals surface area contributed by atoms with Gasteiger partial charge in [0.1, 0.15) is 5.75 Å². The summed E-state index contributed by atoms with van der Waals surface area (Å²) in [6.07, 6.45) is 0. The third-order valence-corrected chi connectivity index (χ3v) is 3.52. The van der Waals surface area contributed by atoms with Crippen LogP contribution in [0, 0.1) is 10.1 Å². The summed E-state index contributed by atoms with van der Waals surface area (Å²) in [6, 6.07) is 11.7. The zero-order chi connectivity index (χ0) is 15.9. The van der Waals surface area contributed by atoms with E-state index < -0.39 is 4.92 Å². The number of nitrogens with zero attached hydrogens (tertiary/aromatic N) is 3. The average Bonchev–Trinajstić information content (AvgIpc) is 2.72. The quantitative estimate of drug-likeness (QED) is 0.550. The summed E-state index contributed by atoms with van der Waals surface area (Å²) in [6.45, 7) is 0. The van der Waals surface area contributed by atoms with E-state index in [2.05, 4.69) is 0 Å². The Bertz CT molecular complexity index is 925. The molecule has 0 saturated carbocycles. The van der Waals surface area contributed by atoms with E-state index in [4.69, 9.17) is 4.74 Å². The Morgan fingerprint density at radius 3 is 2.23 bits per heavy atom. The van der Waals surface area contributed by atoms with E-state index in [1.54, 1.807) is 38.4 Å². The van der Waals surface area contributed by atoms with E-state index >= 15 is 0 Å². The largest absolute Gasteiger partial charge is 0.450 e. The van der Waals surface area contributed by atoms with Crippen LogP contribution in [0.1, 0.15) is 0 Å². The van der Waals surface area contributed by atoms with Crippen molar-refractivity contribution in [3.63, 3.8) is 0 Å². The Hall–Kier alpha value is -3.09. The third-order valence-electron chi connectivity index (χ3n) is 3.52. The number of hydrogen-bond donors (Lipinski definition) is 0. The van der Waals surface area contributed by atoms with Gasteiger partial charge in [-0.15, -0.1) is 0 Å². The van der Waals surface area contributed by atoms with E-state index in [-0.39, 0.29) is 17.1 Å². The first-order valence-electron chi connectivity index (χ1n) is 6.56. The van der Waals surface area contributed by atoms with Gasteiger partial charge in [0.05, 0.1) is 16.0 Å². The van der Waals surface area contributed by atoms with Crippen LogP contribution < -0.4 is 10.4 Å². The number of nitro benzene ring substituents is 1. The number of ether oxygens (including phenoxy) is 1. The van der Waals surface area contributed by atoms with E-state index in [0.29, 0.717) is 16.8 Å². The predicted molar refractivity (Wildman–Crippen MR) is 81.3 cm³/mol. The van der Waals surface area contributed by atoms with Crippen LogP contribution in [0.3, 0.4) is 0 Å². The third kappa shape index (κ3) is 2.12. The number of rotatable bonds is 3. The van der Waals surface area contributed by atoms with E-state index in [9.17, 15) is 14.9 Å². The van der Waals surface area contributed by atoms with Crippen LogP contribution in [0.2, 0.25) is 0 Å². The summed E-state index contributed by atoms with van der Waals surface area (Å²) >= 11 is 0. The Labute approximate surface area is 125 Å². The minimum absolute atomic E-state index is 0.102. The molecule has 7 nitrogen and oxygen atoms in total. The Morgan fingerprint density at radius 2 is 1.64 bits per heavy atom. The van der Waals surface area contributed by atoms with Crippen molar-refractivity contribution in [2.75, 3.05) is 0 Å². The Morgan fingerprint density at radius 1 is 1.05 bits per heavy atom. The van der Waals surface area contributed by atoms with Crippen LogP contribution >= 0.6 is 0 Å². The number of aryl methyl sites for hydroxylation is 2. The van der Waals surface area contributed by atoms with Crippen molar-refractivity contribution in [2.45, 2.75) is 0 Å². The number of para-hydroxylation sites is 1. The fourth-order valence-corrected chi connectivity index (χ4v) is 2.35. The maximum Gasteiger partial charge on any atom is 0.328 e. The molecule has 22 heavy (non-hydrogen) atoms. The van der Waals surface area contributed by atoms with Crippen molar-refractivity contribution >= 4 is 16.7 Å². The second-order valence-electron chi connectivity index (χ2n) is 4.88.